The molecule has 1 aromatic carbocycles. The Morgan fingerprint density at radius 1 is 1.30 bits per heavy atom. The molecule has 0 saturated heterocycles. The quantitative estimate of drug-likeness (QED) is 0.886. The van der Waals surface area contributed by atoms with E-state index in [1.165, 1.54) is 10.6 Å². The van der Waals surface area contributed by atoms with Crippen molar-refractivity contribution >= 4 is 28.3 Å². The van der Waals surface area contributed by atoms with Gasteiger partial charge in [-0.2, -0.15) is 0 Å². The Labute approximate surface area is 140 Å². The lowest BCUT2D eigenvalue weighted by molar-refractivity contribution is 0.436. The van der Waals surface area contributed by atoms with Crippen molar-refractivity contribution in [3.8, 4) is 5.75 Å². The van der Waals surface area contributed by atoms with E-state index in [1.54, 1.807) is 24.0 Å². The first-order valence-corrected chi connectivity index (χ1v) is 8.55. The van der Waals surface area contributed by atoms with Crippen molar-refractivity contribution in [1.29, 1.82) is 0 Å². The molecule has 23 heavy (non-hydrogen) atoms. The van der Waals surface area contributed by atoms with Crippen LogP contribution in [-0.2, 0) is 0 Å². The molecular weight excluding hydrogens is 308 g/mol. The highest BCUT2D eigenvalue weighted by Gasteiger charge is 2.20. The smallest absolute Gasteiger partial charge is 0.227 e. The number of aromatic hydroxyl groups is 1. The van der Waals surface area contributed by atoms with Gasteiger partial charge in [-0.15, -0.1) is 11.8 Å². The van der Waals surface area contributed by atoms with E-state index in [2.05, 4.69) is 34.0 Å². The van der Waals surface area contributed by atoms with Crippen LogP contribution in [0.4, 0.5) is 11.6 Å². The van der Waals surface area contributed by atoms with Crippen molar-refractivity contribution in [3.05, 3.63) is 47.4 Å². The summed E-state index contributed by atoms with van der Waals surface area (Å²) in [5.74, 6) is 1.76. The van der Waals surface area contributed by atoms with Gasteiger partial charge in [-0.05, 0) is 38.5 Å². The maximum absolute atomic E-state index is 9.80. The molecule has 0 radical (unpaired) electrons. The second-order valence-corrected chi connectivity index (χ2v) is 6.39. The number of hydrogen-bond acceptors (Lipinski definition) is 6. The molecular formula is C17H20N4OS. The van der Waals surface area contributed by atoms with Gasteiger partial charge in [0.05, 0.1) is 16.5 Å². The van der Waals surface area contributed by atoms with Gasteiger partial charge in [0.15, 0.2) is 0 Å². The number of anilines is 2. The lowest BCUT2D eigenvalue weighted by Gasteiger charge is -2.15. The minimum Gasteiger partial charge on any atom is -0.508 e. The van der Waals surface area contributed by atoms with Gasteiger partial charge in [0.2, 0.25) is 5.95 Å². The summed E-state index contributed by atoms with van der Waals surface area (Å²) < 4.78 is 0. The average Bonchev–Trinajstić information content (AvgIpc) is 2.92. The summed E-state index contributed by atoms with van der Waals surface area (Å²) in [7, 11) is 0. The van der Waals surface area contributed by atoms with Crippen molar-refractivity contribution in [3.63, 3.8) is 0 Å². The van der Waals surface area contributed by atoms with E-state index >= 15 is 0 Å². The number of nitrogens with zero attached hydrogens (tertiary/aromatic N) is 3. The summed E-state index contributed by atoms with van der Waals surface area (Å²) in [6.45, 7) is 7.15. The Balaban J connectivity index is 1.86. The van der Waals surface area contributed by atoms with Crippen molar-refractivity contribution in [2.24, 2.45) is 0 Å². The van der Waals surface area contributed by atoms with Gasteiger partial charge in [0.25, 0.3) is 0 Å². The predicted octanol–water partition coefficient (Wildman–Crippen LogP) is 3.95. The molecule has 0 fully saturated rings. The molecule has 1 aliphatic rings. The Bertz CT molecular complexity index is 760. The summed E-state index contributed by atoms with van der Waals surface area (Å²) in [5, 5.41) is 12.9. The fraction of sp³-hybridized carbons (Fsp3) is 0.294. The maximum Gasteiger partial charge on any atom is 0.227 e. The number of phenolic OH excluding ortho intramolecular Hbond substituents is 1. The standard InChI is InChI=1S/C17H20N4OS/c1-4-21-10-23-16(12(21)3)14-7-8-18-17(20-14)19-13-6-5-11(2)15(22)9-13/h5-9,22H,4,10H2,1-3H3,(H,18,19,20). The Kier molecular flexibility index (Phi) is 4.43. The zero-order chi connectivity index (χ0) is 16.4. The Morgan fingerprint density at radius 3 is 2.83 bits per heavy atom. The van der Waals surface area contributed by atoms with Crippen molar-refractivity contribution in [2.45, 2.75) is 20.8 Å². The Hall–Kier alpha value is -2.21. The second kappa shape index (κ2) is 6.50. The zero-order valence-corrected chi connectivity index (χ0v) is 14.3. The van der Waals surface area contributed by atoms with Crippen LogP contribution in [0.15, 0.2) is 36.2 Å². The van der Waals surface area contributed by atoms with Crippen LogP contribution in [0.2, 0.25) is 0 Å². The van der Waals surface area contributed by atoms with Crippen LogP contribution >= 0.6 is 11.8 Å². The molecule has 0 bridgehead atoms. The maximum atomic E-state index is 9.80. The summed E-state index contributed by atoms with van der Waals surface area (Å²) in [6.07, 6.45) is 1.76. The number of benzene rings is 1. The predicted molar refractivity (Wildman–Crippen MR) is 95.6 cm³/mol. The van der Waals surface area contributed by atoms with Gasteiger partial charge in [0.1, 0.15) is 5.75 Å². The van der Waals surface area contributed by atoms with Gasteiger partial charge in [-0.1, -0.05) is 6.07 Å². The number of rotatable bonds is 4. The molecule has 1 aliphatic heterocycles. The van der Waals surface area contributed by atoms with E-state index in [4.69, 9.17) is 0 Å². The Morgan fingerprint density at radius 2 is 2.13 bits per heavy atom. The third-order valence-corrected chi connectivity index (χ3v) is 5.14. The van der Waals surface area contributed by atoms with Gasteiger partial charge in [-0.25, -0.2) is 9.97 Å². The van der Waals surface area contributed by atoms with Crippen LogP contribution in [0.5, 0.6) is 5.75 Å². The number of aromatic nitrogens is 2. The average molecular weight is 328 g/mol. The fourth-order valence-electron chi connectivity index (χ4n) is 2.44. The van der Waals surface area contributed by atoms with E-state index < -0.39 is 0 Å². The van der Waals surface area contributed by atoms with Gasteiger partial charge >= 0.3 is 0 Å². The second-order valence-electron chi connectivity index (χ2n) is 5.44. The summed E-state index contributed by atoms with van der Waals surface area (Å²) in [4.78, 5) is 12.4. The van der Waals surface area contributed by atoms with Crippen LogP contribution in [0.1, 0.15) is 25.1 Å². The summed E-state index contributed by atoms with van der Waals surface area (Å²) in [6, 6.07) is 7.38. The topological polar surface area (TPSA) is 61.3 Å². The molecule has 0 atom stereocenters. The number of nitrogens with one attached hydrogen (secondary N) is 1. The molecule has 5 nitrogen and oxygen atoms in total. The van der Waals surface area contributed by atoms with E-state index in [9.17, 15) is 5.11 Å². The molecule has 0 spiro atoms. The molecule has 2 N–H and O–H groups in total. The minimum atomic E-state index is 0.259. The monoisotopic (exact) mass is 328 g/mol. The largest absolute Gasteiger partial charge is 0.508 e. The molecule has 0 saturated carbocycles. The molecule has 0 aliphatic carbocycles. The van der Waals surface area contributed by atoms with E-state index in [0.29, 0.717) is 5.95 Å². The van der Waals surface area contributed by atoms with Gasteiger partial charge in [-0.3, -0.25) is 0 Å². The number of aryl methyl sites for hydroxylation is 1. The van der Waals surface area contributed by atoms with Crippen LogP contribution in [0, 0.1) is 6.92 Å². The highest BCUT2D eigenvalue weighted by atomic mass is 32.2. The van der Waals surface area contributed by atoms with Crippen LogP contribution in [0.25, 0.3) is 4.91 Å². The lowest BCUT2D eigenvalue weighted by Crippen LogP contribution is -2.16. The molecule has 3 rings (SSSR count). The highest BCUT2D eigenvalue weighted by Crippen LogP contribution is 2.38. The van der Waals surface area contributed by atoms with Crippen LogP contribution in [-0.4, -0.2) is 32.4 Å². The number of thioether (sulfide) groups is 1. The third-order valence-electron chi connectivity index (χ3n) is 3.90. The number of hydrogen-bond donors (Lipinski definition) is 2. The molecule has 0 unspecified atom stereocenters. The minimum absolute atomic E-state index is 0.259. The fourth-order valence-corrected chi connectivity index (χ4v) is 3.70. The van der Waals surface area contributed by atoms with E-state index in [0.717, 1.165) is 29.4 Å². The van der Waals surface area contributed by atoms with Crippen molar-refractivity contribution < 1.29 is 5.11 Å². The molecule has 120 valence electrons. The van der Waals surface area contributed by atoms with Gasteiger partial charge in [0, 0.05) is 30.2 Å². The van der Waals surface area contributed by atoms with Crippen molar-refractivity contribution in [2.75, 3.05) is 17.7 Å². The first-order chi connectivity index (χ1) is 11.1. The third kappa shape index (κ3) is 3.27. The zero-order valence-electron chi connectivity index (χ0n) is 13.5. The van der Waals surface area contributed by atoms with Crippen molar-refractivity contribution in [1.82, 2.24) is 14.9 Å². The first-order valence-electron chi connectivity index (χ1n) is 7.57. The molecule has 6 heteroatoms. The van der Waals surface area contributed by atoms with Crippen LogP contribution in [0.3, 0.4) is 0 Å². The molecule has 2 heterocycles. The molecule has 1 aromatic heterocycles. The lowest BCUT2D eigenvalue weighted by atomic mass is 10.2. The molecule has 2 aromatic rings. The van der Waals surface area contributed by atoms with Gasteiger partial charge < -0.3 is 15.3 Å². The highest BCUT2D eigenvalue weighted by molar-refractivity contribution is 8.08. The number of allylic oxidation sites excluding steroid dienone is 1. The van der Waals surface area contributed by atoms with E-state index in [1.807, 2.05) is 25.1 Å². The summed E-state index contributed by atoms with van der Waals surface area (Å²) >= 11 is 1.80. The SMILES string of the molecule is CCN1CSC(c2ccnc(Nc3ccc(C)c(O)c3)n2)=C1C. The van der Waals surface area contributed by atoms with E-state index in [-0.39, 0.29) is 5.75 Å². The van der Waals surface area contributed by atoms with Crippen LogP contribution < -0.4 is 5.32 Å². The molecule has 0 amide bonds. The summed E-state index contributed by atoms with van der Waals surface area (Å²) in [5.41, 5.74) is 3.80. The first kappa shape index (κ1) is 15.7. The normalized spacial score (nSPS) is 14.5. The number of phenols is 1.